The van der Waals surface area contributed by atoms with Gasteiger partial charge in [-0.05, 0) is 19.5 Å². The zero-order chi connectivity index (χ0) is 7.49. The molecule has 0 aromatic carbocycles. The lowest BCUT2D eigenvalue weighted by Crippen LogP contribution is -2.40. The molecule has 0 saturated carbocycles. The van der Waals surface area contributed by atoms with Crippen molar-refractivity contribution in [3.63, 3.8) is 0 Å². The Bertz CT molecular complexity index is 85.1. The minimum atomic E-state index is -1.42. The fourth-order valence-corrected chi connectivity index (χ4v) is 2.20. The van der Waals surface area contributed by atoms with Gasteiger partial charge in [0.2, 0.25) is 0 Å². The van der Waals surface area contributed by atoms with Gasteiger partial charge in [-0.25, -0.2) is 0 Å². The third-order valence-electron chi connectivity index (χ3n) is 1.72. The molecule has 0 amide bonds. The van der Waals surface area contributed by atoms with Crippen LogP contribution in [-0.2, 0) is 4.43 Å². The summed E-state index contributed by atoms with van der Waals surface area (Å²) >= 11 is 4.43. The summed E-state index contributed by atoms with van der Waals surface area (Å²) in [5.41, 5.74) is 0. The Kier molecular flexibility index (Phi) is 3.85. The quantitative estimate of drug-likeness (QED) is 0.496. The van der Waals surface area contributed by atoms with E-state index in [9.17, 15) is 0 Å². The molecule has 0 aromatic heterocycles. The largest absolute Gasteiger partial charge is 0.419 e. The van der Waals surface area contributed by atoms with Crippen molar-refractivity contribution in [1.29, 1.82) is 0 Å². The molecule has 0 fully saturated rings. The predicted molar refractivity (Wildman–Crippen MR) is 47.6 cm³/mol. The second-order valence-electron chi connectivity index (χ2n) is 2.73. The first-order valence-electron chi connectivity index (χ1n) is 3.27. The van der Waals surface area contributed by atoms with E-state index in [1.807, 2.05) is 0 Å². The van der Waals surface area contributed by atoms with E-state index in [1.54, 1.807) is 7.11 Å². The van der Waals surface area contributed by atoms with Crippen molar-refractivity contribution in [3.05, 3.63) is 0 Å². The lowest BCUT2D eigenvalue weighted by Gasteiger charge is -2.25. The minimum absolute atomic E-state index is 0.475. The Morgan fingerprint density at radius 3 is 2.11 bits per heavy atom. The highest BCUT2D eigenvalue weighted by molar-refractivity contribution is 7.83. The first-order chi connectivity index (χ1) is 4.04. The smallest absolute Gasteiger partial charge is 0.198 e. The molecule has 56 valence electrons. The number of hydrogen-bond acceptors (Lipinski definition) is 2. The molecular formula is C6H16OSSi. The van der Waals surface area contributed by atoms with Crippen molar-refractivity contribution in [2.24, 2.45) is 0 Å². The zero-order valence-corrected chi connectivity index (χ0v) is 8.53. The van der Waals surface area contributed by atoms with Crippen LogP contribution in [-0.4, -0.2) is 20.3 Å². The van der Waals surface area contributed by atoms with E-state index in [0.29, 0.717) is 4.87 Å². The maximum absolute atomic E-state index is 5.35. The predicted octanol–water partition coefficient (Wildman–Crippen LogP) is 2.09. The van der Waals surface area contributed by atoms with Gasteiger partial charge in [0.15, 0.2) is 8.32 Å². The molecule has 1 atom stereocenters. The molecule has 0 rings (SSSR count). The molecule has 1 nitrogen and oxygen atoms in total. The molecule has 0 aliphatic carbocycles. The molecule has 9 heavy (non-hydrogen) atoms. The molecule has 1 unspecified atom stereocenters. The van der Waals surface area contributed by atoms with Gasteiger partial charge in [0.05, 0.1) is 0 Å². The third kappa shape index (κ3) is 2.73. The van der Waals surface area contributed by atoms with Crippen LogP contribution in [0.25, 0.3) is 0 Å². The van der Waals surface area contributed by atoms with Crippen LogP contribution in [0, 0.1) is 0 Å². The van der Waals surface area contributed by atoms with Crippen LogP contribution < -0.4 is 0 Å². The summed E-state index contributed by atoms with van der Waals surface area (Å²) in [6, 6.07) is 0. The van der Waals surface area contributed by atoms with Crippen molar-refractivity contribution in [3.8, 4) is 0 Å². The third-order valence-corrected chi connectivity index (χ3v) is 7.01. The van der Waals surface area contributed by atoms with E-state index in [2.05, 4.69) is 32.6 Å². The summed E-state index contributed by atoms with van der Waals surface area (Å²) in [6.45, 7) is 6.52. The van der Waals surface area contributed by atoms with Gasteiger partial charge in [-0.3, -0.25) is 0 Å². The summed E-state index contributed by atoms with van der Waals surface area (Å²) < 4.78 is 5.35. The van der Waals surface area contributed by atoms with E-state index in [4.69, 9.17) is 4.43 Å². The van der Waals surface area contributed by atoms with Gasteiger partial charge >= 0.3 is 0 Å². The summed E-state index contributed by atoms with van der Waals surface area (Å²) in [4.78, 5) is 0.475. The summed E-state index contributed by atoms with van der Waals surface area (Å²) in [7, 11) is 0.366. The standard InChI is InChI=1S/C6H16OSSi/c1-5-6(8)9(3,4)7-2/h6,8H,5H2,1-4H3. The summed E-state index contributed by atoms with van der Waals surface area (Å²) in [5, 5.41) is 0. The zero-order valence-electron chi connectivity index (χ0n) is 6.64. The topological polar surface area (TPSA) is 9.23 Å². The average molecular weight is 164 g/mol. The maximum atomic E-state index is 5.35. The Balaban J connectivity index is 3.80. The van der Waals surface area contributed by atoms with Gasteiger partial charge in [-0.1, -0.05) is 6.92 Å². The van der Waals surface area contributed by atoms with Crippen molar-refractivity contribution in [2.45, 2.75) is 31.3 Å². The van der Waals surface area contributed by atoms with Crippen LogP contribution in [0.2, 0.25) is 13.1 Å². The van der Waals surface area contributed by atoms with Crippen LogP contribution in [0.5, 0.6) is 0 Å². The highest BCUT2D eigenvalue weighted by Gasteiger charge is 2.27. The fraction of sp³-hybridized carbons (Fsp3) is 1.00. The maximum Gasteiger partial charge on any atom is 0.198 e. The van der Waals surface area contributed by atoms with Gasteiger partial charge in [-0.15, -0.1) is 0 Å². The van der Waals surface area contributed by atoms with E-state index < -0.39 is 8.32 Å². The molecular weight excluding hydrogens is 148 g/mol. The van der Waals surface area contributed by atoms with Crippen LogP contribution >= 0.6 is 12.6 Å². The highest BCUT2D eigenvalue weighted by atomic mass is 32.1. The summed E-state index contributed by atoms with van der Waals surface area (Å²) in [5.74, 6) is 0. The lowest BCUT2D eigenvalue weighted by atomic mass is 10.6. The van der Waals surface area contributed by atoms with Crippen LogP contribution in [0.3, 0.4) is 0 Å². The molecule has 0 saturated heterocycles. The second-order valence-corrected chi connectivity index (χ2v) is 8.15. The Morgan fingerprint density at radius 1 is 1.56 bits per heavy atom. The van der Waals surface area contributed by atoms with Crippen molar-refractivity contribution >= 4 is 20.9 Å². The monoisotopic (exact) mass is 164 g/mol. The molecule has 0 bridgehead atoms. The second kappa shape index (κ2) is 3.64. The van der Waals surface area contributed by atoms with Gasteiger partial charge in [-0.2, -0.15) is 12.6 Å². The average Bonchev–Trinajstić information content (AvgIpc) is 1.86. The number of hydrogen-bond donors (Lipinski definition) is 1. The molecule has 0 heterocycles. The van der Waals surface area contributed by atoms with Gasteiger partial charge in [0.1, 0.15) is 0 Å². The van der Waals surface area contributed by atoms with Gasteiger partial charge in [0, 0.05) is 12.0 Å². The fourth-order valence-electron chi connectivity index (χ4n) is 0.628. The van der Waals surface area contributed by atoms with Crippen LogP contribution in [0.15, 0.2) is 0 Å². The highest BCUT2D eigenvalue weighted by Crippen LogP contribution is 2.16. The number of thiol groups is 1. The van der Waals surface area contributed by atoms with E-state index in [0.717, 1.165) is 6.42 Å². The molecule has 0 spiro atoms. The SMILES string of the molecule is CCC(S)[Si](C)(C)OC. The molecule has 3 heteroatoms. The van der Waals surface area contributed by atoms with Crippen molar-refractivity contribution in [1.82, 2.24) is 0 Å². The first-order valence-corrected chi connectivity index (χ1v) is 6.78. The molecule has 0 aromatic rings. The first kappa shape index (κ1) is 9.53. The summed E-state index contributed by atoms with van der Waals surface area (Å²) in [6.07, 6.45) is 1.11. The molecule has 0 radical (unpaired) electrons. The molecule has 0 aliphatic rings. The van der Waals surface area contributed by atoms with Crippen molar-refractivity contribution in [2.75, 3.05) is 7.11 Å². The Morgan fingerprint density at radius 2 is 2.00 bits per heavy atom. The van der Waals surface area contributed by atoms with E-state index in [-0.39, 0.29) is 0 Å². The Hall–Kier alpha value is 0.527. The van der Waals surface area contributed by atoms with Gasteiger partial charge in [0.25, 0.3) is 0 Å². The van der Waals surface area contributed by atoms with Gasteiger partial charge < -0.3 is 4.43 Å². The van der Waals surface area contributed by atoms with Crippen molar-refractivity contribution < 1.29 is 4.43 Å². The molecule has 0 N–H and O–H groups in total. The van der Waals surface area contributed by atoms with Crippen LogP contribution in [0.4, 0.5) is 0 Å². The molecule has 0 aliphatic heterocycles. The van der Waals surface area contributed by atoms with E-state index in [1.165, 1.54) is 0 Å². The van der Waals surface area contributed by atoms with E-state index >= 15 is 0 Å². The number of rotatable bonds is 3. The Labute approximate surface area is 64.3 Å². The normalized spacial score (nSPS) is 15.7. The van der Waals surface area contributed by atoms with Crippen LogP contribution in [0.1, 0.15) is 13.3 Å². The lowest BCUT2D eigenvalue weighted by molar-refractivity contribution is 0.401. The minimum Gasteiger partial charge on any atom is -0.419 e.